The number of hydrogen-bond donors (Lipinski definition) is 4. The molecule has 1 heterocycles. The Kier molecular flexibility index (Phi) is 4.00. The molecule has 0 saturated carbocycles. The average molecular weight is 220 g/mol. The lowest BCUT2D eigenvalue weighted by Gasteiger charge is -2.39. The van der Waals surface area contributed by atoms with Crippen molar-refractivity contribution in [2.45, 2.75) is 37.6 Å². The zero-order chi connectivity index (χ0) is 11.6. The van der Waals surface area contributed by atoms with Gasteiger partial charge in [0, 0.05) is 6.92 Å². The molecule has 0 aliphatic carbocycles. The SMILES string of the molecule is CC(=O)N[C@H]1C([O])O[C@H](CO)[C@H](O)[C@@H]1O. The van der Waals surface area contributed by atoms with Crippen LogP contribution in [-0.4, -0.2) is 58.5 Å². The summed E-state index contributed by atoms with van der Waals surface area (Å²) in [7, 11) is 0. The Morgan fingerprint density at radius 1 is 1.40 bits per heavy atom. The summed E-state index contributed by atoms with van der Waals surface area (Å²) in [6.45, 7) is 0.619. The molecular formula is C8H14NO6. The summed E-state index contributed by atoms with van der Waals surface area (Å²) < 4.78 is 4.70. The Morgan fingerprint density at radius 3 is 2.47 bits per heavy atom. The number of carbonyl (C=O) groups excluding carboxylic acids is 1. The third-order valence-electron chi connectivity index (χ3n) is 2.25. The van der Waals surface area contributed by atoms with Gasteiger partial charge in [0.25, 0.3) is 0 Å². The maximum atomic E-state index is 11.3. The first kappa shape index (κ1) is 12.3. The lowest BCUT2D eigenvalue weighted by atomic mass is 9.97. The van der Waals surface area contributed by atoms with E-state index in [-0.39, 0.29) is 0 Å². The van der Waals surface area contributed by atoms with Gasteiger partial charge in [-0.2, -0.15) is 5.11 Å². The topological polar surface area (TPSA) is 119 Å². The van der Waals surface area contributed by atoms with Crippen molar-refractivity contribution in [2.75, 3.05) is 6.61 Å². The summed E-state index contributed by atoms with van der Waals surface area (Å²) in [6.07, 6.45) is -5.66. The molecule has 0 bridgehead atoms. The maximum Gasteiger partial charge on any atom is 0.217 e. The van der Waals surface area contributed by atoms with Crippen LogP contribution < -0.4 is 5.32 Å². The van der Waals surface area contributed by atoms with Crippen molar-refractivity contribution < 1.29 is 30.0 Å². The van der Waals surface area contributed by atoms with Gasteiger partial charge in [-0.05, 0) is 0 Å². The molecule has 0 aromatic heterocycles. The molecule has 1 unspecified atom stereocenters. The molecule has 15 heavy (non-hydrogen) atoms. The normalized spacial score (nSPS) is 41.3. The van der Waals surface area contributed by atoms with Crippen LogP contribution in [0.15, 0.2) is 0 Å². The van der Waals surface area contributed by atoms with Crippen LogP contribution in [0.5, 0.6) is 0 Å². The number of aliphatic hydroxyl groups excluding tert-OH is 3. The summed E-state index contributed by atoms with van der Waals surface area (Å²) in [5, 5.41) is 41.2. The van der Waals surface area contributed by atoms with Crippen molar-refractivity contribution in [1.29, 1.82) is 0 Å². The standard InChI is InChI=1S/C8H14NO6/c1-3(11)9-5-7(13)6(12)4(2-10)15-8(5)14/h4-8,10,12-13H,2H2,1H3,(H,9,11)/t4-,5-,6+,7-,8?/m1/s1. The van der Waals surface area contributed by atoms with Crippen molar-refractivity contribution >= 4 is 5.91 Å². The Bertz CT molecular complexity index is 235. The van der Waals surface area contributed by atoms with Gasteiger partial charge < -0.3 is 25.4 Å². The molecule has 1 aliphatic heterocycles. The molecule has 7 nitrogen and oxygen atoms in total. The monoisotopic (exact) mass is 220 g/mol. The Labute approximate surface area is 86.3 Å². The van der Waals surface area contributed by atoms with Crippen molar-refractivity contribution in [2.24, 2.45) is 0 Å². The van der Waals surface area contributed by atoms with Crippen molar-refractivity contribution in [3.05, 3.63) is 0 Å². The lowest BCUT2D eigenvalue weighted by molar-refractivity contribution is -0.272. The van der Waals surface area contributed by atoms with E-state index in [1.165, 1.54) is 6.92 Å². The Morgan fingerprint density at radius 2 is 2.00 bits per heavy atom. The van der Waals surface area contributed by atoms with E-state index in [4.69, 9.17) is 9.84 Å². The third-order valence-corrected chi connectivity index (χ3v) is 2.25. The molecule has 0 spiro atoms. The van der Waals surface area contributed by atoms with Gasteiger partial charge in [0.05, 0.1) is 6.61 Å². The van der Waals surface area contributed by atoms with Crippen molar-refractivity contribution in [3.63, 3.8) is 0 Å². The van der Waals surface area contributed by atoms with Crippen LogP contribution in [-0.2, 0) is 14.6 Å². The first-order chi connectivity index (χ1) is 6.97. The van der Waals surface area contributed by atoms with E-state index >= 15 is 0 Å². The van der Waals surface area contributed by atoms with Crippen molar-refractivity contribution in [1.82, 2.24) is 5.32 Å². The van der Waals surface area contributed by atoms with Gasteiger partial charge >= 0.3 is 0 Å². The molecule has 1 radical (unpaired) electrons. The molecular weight excluding hydrogens is 206 g/mol. The van der Waals surface area contributed by atoms with Gasteiger partial charge in [0.1, 0.15) is 24.4 Å². The average Bonchev–Trinajstić information content (AvgIpc) is 2.18. The number of ether oxygens (including phenoxy) is 1. The highest BCUT2D eigenvalue weighted by Crippen LogP contribution is 2.19. The van der Waals surface area contributed by atoms with Crippen LogP contribution in [0.4, 0.5) is 0 Å². The van der Waals surface area contributed by atoms with Crippen LogP contribution in [0.25, 0.3) is 0 Å². The molecule has 1 saturated heterocycles. The van der Waals surface area contributed by atoms with Crippen LogP contribution in [0.1, 0.15) is 6.92 Å². The van der Waals surface area contributed by atoms with Gasteiger partial charge in [0.2, 0.25) is 12.2 Å². The highest BCUT2D eigenvalue weighted by atomic mass is 16.6. The second-order valence-electron chi connectivity index (χ2n) is 3.43. The quantitative estimate of drug-likeness (QED) is 0.405. The van der Waals surface area contributed by atoms with E-state index in [0.29, 0.717) is 0 Å². The van der Waals surface area contributed by atoms with Gasteiger partial charge in [-0.1, -0.05) is 0 Å². The van der Waals surface area contributed by atoms with E-state index in [1.54, 1.807) is 0 Å². The number of amides is 1. The number of carbonyl (C=O) groups is 1. The zero-order valence-corrected chi connectivity index (χ0v) is 8.16. The van der Waals surface area contributed by atoms with E-state index < -0.39 is 43.2 Å². The molecule has 1 amide bonds. The highest BCUT2D eigenvalue weighted by Gasteiger charge is 2.44. The number of rotatable bonds is 2. The van der Waals surface area contributed by atoms with Crippen LogP contribution in [0.3, 0.4) is 0 Å². The van der Waals surface area contributed by atoms with Gasteiger partial charge in [0.15, 0.2) is 0 Å². The molecule has 1 rings (SSSR count). The van der Waals surface area contributed by atoms with E-state index in [9.17, 15) is 20.1 Å². The second kappa shape index (κ2) is 4.86. The minimum atomic E-state index is -1.70. The smallest absolute Gasteiger partial charge is 0.217 e. The summed E-state index contributed by atoms with van der Waals surface area (Å²) >= 11 is 0. The van der Waals surface area contributed by atoms with Crippen molar-refractivity contribution in [3.8, 4) is 0 Å². The summed E-state index contributed by atoms with van der Waals surface area (Å²) in [6, 6.07) is -1.21. The fraction of sp³-hybridized carbons (Fsp3) is 0.875. The summed E-state index contributed by atoms with van der Waals surface area (Å²) in [5.74, 6) is -0.502. The van der Waals surface area contributed by atoms with Gasteiger partial charge in [-0.25, -0.2) is 0 Å². The van der Waals surface area contributed by atoms with E-state index in [0.717, 1.165) is 0 Å². The molecule has 1 fully saturated rings. The molecule has 0 aromatic rings. The Balaban J connectivity index is 2.70. The fourth-order valence-corrected chi connectivity index (χ4v) is 1.47. The van der Waals surface area contributed by atoms with Crippen LogP contribution >= 0.6 is 0 Å². The summed E-state index contributed by atoms with van der Waals surface area (Å²) in [4.78, 5) is 10.7. The van der Waals surface area contributed by atoms with Gasteiger partial charge in [-0.3, -0.25) is 4.79 Å². The minimum absolute atomic E-state index is 0.502. The summed E-state index contributed by atoms with van der Waals surface area (Å²) in [5.41, 5.74) is 0. The zero-order valence-electron chi connectivity index (χ0n) is 8.16. The molecule has 1 aliphatic rings. The maximum absolute atomic E-state index is 11.3. The third kappa shape index (κ3) is 2.64. The van der Waals surface area contributed by atoms with Crippen LogP contribution in [0, 0.1) is 0 Å². The molecule has 7 heteroatoms. The second-order valence-corrected chi connectivity index (χ2v) is 3.43. The highest BCUT2D eigenvalue weighted by molar-refractivity contribution is 5.73. The number of nitrogens with one attached hydrogen (secondary N) is 1. The molecule has 5 atom stereocenters. The van der Waals surface area contributed by atoms with E-state index in [2.05, 4.69) is 5.32 Å². The largest absolute Gasteiger partial charge is 0.394 e. The first-order valence-corrected chi connectivity index (χ1v) is 4.52. The first-order valence-electron chi connectivity index (χ1n) is 4.52. The minimum Gasteiger partial charge on any atom is -0.394 e. The predicted molar refractivity (Wildman–Crippen MR) is 46.1 cm³/mol. The Hall–Kier alpha value is -0.730. The number of hydrogen-bond acceptors (Lipinski definition) is 5. The lowest BCUT2D eigenvalue weighted by Crippen LogP contribution is -2.63. The fourth-order valence-electron chi connectivity index (χ4n) is 1.47. The van der Waals surface area contributed by atoms with Crippen LogP contribution in [0.2, 0.25) is 0 Å². The number of aliphatic hydroxyl groups is 3. The molecule has 4 N–H and O–H groups in total. The predicted octanol–water partition coefficient (Wildman–Crippen LogP) is -2.64. The van der Waals surface area contributed by atoms with E-state index in [1.807, 2.05) is 0 Å². The molecule has 87 valence electrons. The molecule has 0 aromatic carbocycles. The van der Waals surface area contributed by atoms with Gasteiger partial charge in [-0.15, -0.1) is 0 Å².